The van der Waals surface area contributed by atoms with Gasteiger partial charge in [-0.2, -0.15) is 10.2 Å². The van der Waals surface area contributed by atoms with Crippen LogP contribution in [0, 0.1) is 13.8 Å². The highest BCUT2D eigenvalue weighted by atomic mass is 16.2. The van der Waals surface area contributed by atoms with Gasteiger partial charge >= 0.3 is 0 Å². The van der Waals surface area contributed by atoms with Crippen LogP contribution in [0.15, 0.2) is 76.9 Å². The Bertz CT molecular complexity index is 1010. The number of rotatable bonds is 6. The van der Waals surface area contributed by atoms with E-state index in [2.05, 4.69) is 26.0 Å². The van der Waals surface area contributed by atoms with Crippen LogP contribution < -0.4 is 10.9 Å². The molecule has 1 heterocycles. The van der Waals surface area contributed by atoms with Gasteiger partial charge in [0.05, 0.1) is 34.9 Å². The van der Waals surface area contributed by atoms with E-state index in [4.69, 9.17) is 0 Å². The topological polar surface area (TPSA) is 95.8 Å². The molecule has 0 atom stereocenters. The van der Waals surface area contributed by atoms with E-state index >= 15 is 0 Å². The number of hydrogen-bond donors (Lipinski definition) is 2. The van der Waals surface area contributed by atoms with E-state index in [1.54, 1.807) is 26.3 Å². The zero-order valence-electron chi connectivity index (χ0n) is 16.7. The molecule has 1 aromatic heterocycles. The van der Waals surface area contributed by atoms with Crippen molar-refractivity contribution in [3.63, 3.8) is 0 Å². The van der Waals surface area contributed by atoms with Crippen LogP contribution in [0.4, 0.5) is 0 Å². The minimum Gasteiger partial charge on any atom is -0.267 e. The Labute approximate surface area is 174 Å². The van der Waals surface area contributed by atoms with Crippen molar-refractivity contribution in [3.8, 4) is 0 Å². The van der Waals surface area contributed by atoms with Gasteiger partial charge in [0.15, 0.2) is 0 Å². The zero-order chi connectivity index (χ0) is 21.3. The molecule has 2 N–H and O–H groups in total. The number of hydrogen-bond acceptors (Lipinski definition) is 5. The van der Waals surface area contributed by atoms with Gasteiger partial charge in [-0.15, -0.1) is 0 Å². The molecule has 2 amide bonds. The van der Waals surface area contributed by atoms with E-state index in [-0.39, 0.29) is 11.1 Å². The minimum atomic E-state index is -0.450. The largest absolute Gasteiger partial charge is 0.273 e. The molecule has 3 aromatic rings. The lowest BCUT2D eigenvalue weighted by atomic mass is 10.1. The fraction of sp³-hybridized carbons (Fsp3) is 0.0870. The van der Waals surface area contributed by atoms with Crippen molar-refractivity contribution in [1.82, 2.24) is 15.8 Å². The van der Waals surface area contributed by atoms with E-state index < -0.39 is 11.8 Å². The summed E-state index contributed by atoms with van der Waals surface area (Å²) in [5.41, 5.74) is 8.19. The smallest absolute Gasteiger partial charge is 0.267 e. The zero-order valence-corrected chi connectivity index (χ0v) is 16.7. The monoisotopic (exact) mass is 399 g/mol. The predicted molar refractivity (Wildman–Crippen MR) is 117 cm³/mol. The highest BCUT2D eigenvalue weighted by Gasteiger charge is 2.17. The lowest BCUT2D eigenvalue weighted by Gasteiger charge is -2.09. The summed E-state index contributed by atoms with van der Waals surface area (Å²) < 4.78 is 0. The van der Waals surface area contributed by atoms with Crippen molar-refractivity contribution < 1.29 is 9.59 Å². The van der Waals surface area contributed by atoms with Gasteiger partial charge in [0.2, 0.25) is 0 Å². The first-order chi connectivity index (χ1) is 14.5. The van der Waals surface area contributed by atoms with E-state index in [0.29, 0.717) is 11.4 Å². The molecule has 7 nitrogen and oxygen atoms in total. The molecule has 0 radical (unpaired) electrons. The highest BCUT2D eigenvalue weighted by molar-refractivity contribution is 6.01. The number of pyridine rings is 1. The molecule has 0 fully saturated rings. The van der Waals surface area contributed by atoms with Crippen LogP contribution in [0.25, 0.3) is 0 Å². The van der Waals surface area contributed by atoms with Crippen molar-refractivity contribution in [1.29, 1.82) is 0 Å². The van der Waals surface area contributed by atoms with Crippen LogP contribution in [-0.2, 0) is 0 Å². The quantitative estimate of drug-likeness (QED) is 0.492. The lowest BCUT2D eigenvalue weighted by Crippen LogP contribution is -2.23. The van der Waals surface area contributed by atoms with Crippen molar-refractivity contribution in [2.45, 2.75) is 13.8 Å². The number of benzene rings is 2. The Morgan fingerprint density at radius 2 is 1.13 bits per heavy atom. The maximum absolute atomic E-state index is 12.5. The molecule has 0 saturated heterocycles. The average molecular weight is 399 g/mol. The van der Waals surface area contributed by atoms with E-state index in [1.165, 1.54) is 6.07 Å². The van der Waals surface area contributed by atoms with Gasteiger partial charge in [-0.1, -0.05) is 60.7 Å². The Kier molecular flexibility index (Phi) is 6.78. The van der Waals surface area contributed by atoms with Crippen molar-refractivity contribution in [2.75, 3.05) is 0 Å². The average Bonchev–Trinajstić information content (AvgIpc) is 2.75. The second-order valence-electron chi connectivity index (χ2n) is 6.47. The molecule has 3 rings (SSSR count). The van der Waals surface area contributed by atoms with Crippen LogP contribution in [0.2, 0.25) is 0 Å². The van der Waals surface area contributed by atoms with Gasteiger partial charge in [-0.05, 0) is 31.0 Å². The number of carbonyl (C=O) groups is 2. The molecule has 30 heavy (non-hydrogen) atoms. The Balaban J connectivity index is 1.71. The number of nitrogens with zero attached hydrogens (tertiary/aromatic N) is 3. The lowest BCUT2D eigenvalue weighted by molar-refractivity contribution is 0.0954. The maximum atomic E-state index is 12.5. The number of amides is 2. The third-order valence-electron chi connectivity index (χ3n) is 4.25. The molecule has 0 aliphatic rings. The molecule has 0 saturated carbocycles. The summed E-state index contributed by atoms with van der Waals surface area (Å²) in [5.74, 6) is -0.900. The van der Waals surface area contributed by atoms with Crippen molar-refractivity contribution >= 4 is 24.2 Å². The second-order valence-corrected chi connectivity index (χ2v) is 6.47. The third kappa shape index (κ3) is 5.45. The van der Waals surface area contributed by atoms with Gasteiger partial charge in [-0.25, -0.2) is 10.9 Å². The molecule has 150 valence electrons. The molecular weight excluding hydrogens is 378 g/mol. The van der Waals surface area contributed by atoms with Crippen LogP contribution in [-0.4, -0.2) is 29.2 Å². The SMILES string of the molecule is Cc1nc(C)c(C(=O)N/N=C/c2ccccc2)cc1C(=O)N/N=C/c1ccccc1. The molecule has 0 bridgehead atoms. The minimum absolute atomic E-state index is 0.267. The standard InChI is InChI=1S/C23H21N5O2/c1-16-20(22(29)27-24-14-18-9-5-3-6-10-18)13-21(17(2)26-16)23(30)28-25-15-19-11-7-4-8-12-19/h3-15H,1-2H3,(H,27,29)(H,28,30)/b24-14+,25-15+. The molecule has 7 heteroatoms. The fourth-order valence-corrected chi connectivity index (χ4v) is 2.71. The van der Waals surface area contributed by atoms with E-state index in [1.807, 2.05) is 60.7 Å². The molecule has 0 aliphatic heterocycles. The number of aryl methyl sites for hydroxylation is 2. The third-order valence-corrected chi connectivity index (χ3v) is 4.25. The first kappa shape index (κ1) is 20.6. The number of carbonyl (C=O) groups excluding carboxylic acids is 2. The highest BCUT2D eigenvalue weighted by Crippen LogP contribution is 2.13. The number of aromatic nitrogens is 1. The summed E-state index contributed by atoms with van der Waals surface area (Å²) in [6, 6.07) is 20.3. The summed E-state index contributed by atoms with van der Waals surface area (Å²) in [6.45, 7) is 3.41. The van der Waals surface area contributed by atoms with Crippen LogP contribution in [0.1, 0.15) is 43.2 Å². The molecule has 2 aromatic carbocycles. The van der Waals surface area contributed by atoms with Crippen molar-refractivity contribution in [2.24, 2.45) is 10.2 Å². The summed E-state index contributed by atoms with van der Waals surface area (Å²) in [6.07, 6.45) is 3.08. The number of hydrazone groups is 2. The van der Waals surface area contributed by atoms with Crippen LogP contribution >= 0.6 is 0 Å². The van der Waals surface area contributed by atoms with Gasteiger partial charge in [0, 0.05) is 0 Å². The Hall–Kier alpha value is -4.13. The van der Waals surface area contributed by atoms with Gasteiger partial charge in [0.25, 0.3) is 11.8 Å². The van der Waals surface area contributed by atoms with Crippen LogP contribution in [0.3, 0.4) is 0 Å². The fourth-order valence-electron chi connectivity index (χ4n) is 2.71. The summed E-state index contributed by atoms with van der Waals surface area (Å²) >= 11 is 0. The summed E-state index contributed by atoms with van der Waals surface area (Å²) in [4.78, 5) is 29.4. The molecule has 0 aliphatic carbocycles. The predicted octanol–water partition coefficient (Wildman–Crippen LogP) is 3.23. The normalized spacial score (nSPS) is 11.0. The maximum Gasteiger partial charge on any atom is 0.273 e. The first-order valence-corrected chi connectivity index (χ1v) is 9.30. The summed E-state index contributed by atoms with van der Waals surface area (Å²) in [7, 11) is 0. The van der Waals surface area contributed by atoms with Gasteiger partial charge < -0.3 is 0 Å². The number of nitrogens with one attached hydrogen (secondary N) is 2. The Morgan fingerprint density at radius 1 is 0.733 bits per heavy atom. The molecule has 0 spiro atoms. The Morgan fingerprint density at radius 3 is 1.53 bits per heavy atom. The van der Waals surface area contributed by atoms with Gasteiger partial charge in [0.1, 0.15) is 0 Å². The van der Waals surface area contributed by atoms with Crippen LogP contribution in [0.5, 0.6) is 0 Å². The van der Waals surface area contributed by atoms with E-state index in [9.17, 15) is 9.59 Å². The second kappa shape index (κ2) is 9.88. The first-order valence-electron chi connectivity index (χ1n) is 9.30. The molecular formula is C23H21N5O2. The molecule has 0 unspecified atom stereocenters. The van der Waals surface area contributed by atoms with E-state index in [0.717, 1.165) is 11.1 Å². The van der Waals surface area contributed by atoms with Crippen molar-refractivity contribution in [3.05, 3.63) is 100 Å². The van der Waals surface area contributed by atoms with Gasteiger partial charge in [-0.3, -0.25) is 14.6 Å². The summed E-state index contributed by atoms with van der Waals surface area (Å²) in [5, 5.41) is 7.93.